The molecule has 4 aliphatic rings. The quantitative estimate of drug-likeness (QED) is 0.634. The van der Waals surface area contributed by atoms with E-state index in [-0.39, 0.29) is 23.4 Å². The van der Waals surface area contributed by atoms with E-state index in [4.69, 9.17) is 9.47 Å². The molecule has 0 N–H and O–H groups in total. The Kier molecular flexibility index (Phi) is 6.65. The van der Waals surface area contributed by atoms with Crippen LogP contribution in [0.2, 0.25) is 0 Å². The van der Waals surface area contributed by atoms with E-state index in [2.05, 4.69) is 15.0 Å². The van der Waals surface area contributed by atoms with E-state index in [1.165, 1.54) is 12.5 Å². The lowest BCUT2D eigenvalue weighted by atomic mass is 9.96. The molecule has 1 unspecified atom stereocenters. The summed E-state index contributed by atoms with van der Waals surface area (Å²) in [6.45, 7) is 3.78. The summed E-state index contributed by atoms with van der Waals surface area (Å²) in [7, 11) is 0. The number of carbonyl (C=O) groups excluding carboxylic acids is 2. The third kappa shape index (κ3) is 4.72. The number of likely N-dealkylation sites (tertiary alicyclic amines) is 1. The number of amides is 1. The maximum Gasteiger partial charge on any atom is 0.222 e. The van der Waals surface area contributed by atoms with Crippen molar-refractivity contribution in [3.8, 4) is 11.9 Å². The predicted molar refractivity (Wildman–Crippen MR) is 121 cm³/mol. The topological polar surface area (TPSA) is 121 Å². The zero-order valence-electron chi connectivity index (χ0n) is 19.1. The third-order valence-corrected chi connectivity index (χ3v) is 7.05. The molecule has 2 saturated heterocycles. The van der Waals surface area contributed by atoms with Crippen molar-refractivity contribution in [2.24, 2.45) is 10.9 Å². The van der Waals surface area contributed by atoms with Crippen LogP contribution in [0.4, 0.5) is 0 Å². The minimum absolute atomic E-state index is 0.0653. The Labute approximate surface area is 198 Å². The number of hydrogen-bond donors (Lipinski definition) is 0. The average molecular weight is 465 g/mol. The molecule has 0 aromatic carbocycles. The molecule has 0 saturated carbocycles. The van der Waals surface area contributed by atoms with Gasteiger partial charge in [-0.1, -0.05) is 0 Å². The standard InChI is InChI=1S/C24H28N6O4/c25-10-17-11-26-12-21(23(17)32)29-6-2-20-19(14-29)24(28-15-27-20)34-18-1-5-30(13-18)22(31)9-16-3-7-33-8-4-16/h11-12,15-16,18,21H,1-9,13-14H2/t18-,21?/m0/s1. The zero-order chi connectivity index (χ0) is 23.5. The fraction of sp³-hybridized carbons (Fsp3) is 0.583. The Morgan fingerprint density at radius 3 is 2.91 bits per heavy atom. The third-order valence-electron chi connectivity index (χ3n) is 7.05. The van der Waals surface area contributed by atoms with E-state index in [0.29, 0.717) is 50.8 Å². The zero-order valence-corrected chi connectivity index (χ0v) is 19.1. The number of ether oxygens (including phenoxy) is 2. The van der Waals surface area contributed by atoms with Crippen LogP contribution >= 0.6 is 0 Å². The van der Waals surface area contributed by atoms with Crippen molar-refractivity contribution in [3.05, 3.63) is 29.4 Å². The van der Waals surface area contributed by atoms with Gasteiger partial charge in [-0.3, -0.25) is 19.5 Å². The normalized spacial score (nSPS) is 25.6. The summed E-state index contributed by atoms with van der Waals surface area (Å²) in [4.78, 5) is 42.2. The number of nitrogens with zero attached hydrogens (tertiary/aromatic N) is 6. The van der Waals surface area contributed by atoms with Crippen molar-refractivity contribution >= 4 is 17.9 Å². The summed E-state index contributed by atoms with van der Waals surface area (Å²) < 4.78 is 11.7. The summed E-state index contributed by atoms with van der Waals surface area (Å²) >= 11 is 0. The molecule has 0 spiro atoms. The smallest absolute Gasteiger partial charge is 0.222 e. The van der Waals surface area contributed by atoms with Gasteiger partial charge in [-0.2, -0.15) is 5.26 Å². The van der Waals surface area contributed by atoms with Gasteiger partial charge < -0.3 is 14.4 Å². The molecule has 34 heavy (non-hydrogen) atoms. The molecule has 1 aromatic rings. The number of aliphatic imine (C=N–C) groups is 1. The van der Waals surface area contributed by atoms with Crippen LogP contribution in [0.5, 0.6) is 5.88 Å². The number of carbonyl (C=O) groups is 2. The van der Waals surface area contributed by atoms with Crippen LogP contribution in [-0.2, 0) is 27.3 Å². The van der Waals surface area contributed by atoms with Crippen molar-refractivity contribution in [1.82, 2.24) is 19.8 Å². The van der Waals surface area contributed by atoms with Gasteiger partial charge in [-0.25, -0.2) is 9.97 Å². The summed E-state index contributed by atoms with van der Waals surface area (Å²) in [5, 5.41) is 9.19. The Hall–Kier alpha value is -3.16. The van der Waals surface area contributed by atoms with Crippen molar-refractivity contribution in [2.45, 2.75) is 50.8 Å². The molecule has 2 fully saturated rings. The second kappa shape index (κ2) is 9.99. The fourth-order valence-corrected chi connectivity index (χ4v) is 5.04. The number of Topliss-reactive ketones (excluding diaryl/α,β-unsaturated/α-hetero) is 1. The summed E-state index contributed by atoms with van der Waals surface area (Å²) in [5.74, 6) is 0.860. The maximum atomic E-state index is 12.8. The van der Waals surface area contributed by atoms with Gasteiger partial charge in [0.15, 0.2) is 5.78 Å². The van der Waals surface area contributed by atoms with Crippen LogP contribution in [0.1, 0.15) is 36.9 Å². The second-order valence-corrected chi connectivity index (χ2v) is 9.21. The van der Waals surface area contributed by atoms with Crippen LogP contribution in [0.3, 0.4) is 0 Å². The number of fused-ring (bicyclic) bond motifs is 1. The molecule has 1 amide bonds. The van der Waals surface area contributed by atoms with Crippen molar-refractivity contribution in [2.75, 3.05) is 32.8 Å². The molecule has 5 heterocycles. The SMILES string of the molecule is N#CC1=CN=CC(N2CCc3ncnc(O[C@H]4CCN(C(=O)CC5CCOCC5)C4)c3C2)C1=O. The molecule has 1 aromatic heterocycles. The van der Waals surface area contributed by atoms with E-state index in [1.807, 2.05) is 15.9 Å². The maximum absolute atomic E-state index is 12.8. The lowest BCUT2D eigenvalue weighted by Crippen LogP contribution is -2.46. The molecule has 4 aliphatic heterocycles. The van der Waals surface area contributed by atoms with Gasteiger partial charge in [0.2, 0.25) is 11.8 Å². The first-order valence-corrected chi connectivity index (χ1v) is 11.9. The number of ketones is 1. The van der Waals surface area contributed by atoms with E-state index < -0.39 is 6.04 Å². The van der Waals surface area contributed by atoms with Crippen molar-refractivity contribution in [3.63, 3.8) is 0 Å². The van der Waals surface area contributed by atoms with Crippen molar-refractivity contribution < 1.29 is 19.1 Å². The van der Waals surface area contributed by atoms with Crippen LogP contribution < -0.4 is 4.74 Å². The van der Waals surface area contributed by atoms with Gasteiger partial charge in [0, 0.05) is 70.1 Å². The molecule has 2 atom stereocenters. The van der Waals surface area contributed by atoms with Gasteiger partial charge in [-0.15, -0.1) is 0 Å². The highest BCUT2D eigenvalue weighted by Crippen LogP contribution is 2.29. The highest BCUT2D eigenvalue weighted by molar-refractivity contribution is 6.12. The van der Waals surface area contributed by atoms with Crippen LogP contribution in [-0.4, -0.2) is 82.7 Å². The molecule has 178 valence electrons. The second-order valence-electron chi connectivity index (χ2n) is 9.21. The summed E-state index contributed by atoms with van der Waals surface area (Å²) in [6.07, 6.45) is 8.15. The fourth-order valence-electron chi connectivity index (χ4n) is 5.04. The van der Waals surface area contributed by atoms with E-state index >= 15 is 0 Å². The number of rotatable bonds is 5. The van der Waals surface area contributed by atoms with E-state index in [9.17, 15) is 14.9 Å². The van der Waals surface area contributed by atoms with E-state index in [1.54, 1.807) is 6.21 Å². The Bertz CT molecular complexity index is 1060. The Balaban J connectivity index is 1.22. The van der Waals surface area contributed by atoms with Crippen LogP contribution in [0.15, 0.2) is 23.1 Å². The minimum atomic E-state index is -0.578. The van der Waals surface area contributed by atoms with Gasteiger partial charge in [0.25, 0.3) is 0 Å². The van der Waals surface area contributed by atoms with Gasteiger partial charge >= 0.3 is 0 Å². The number of hydrogen-bond acceptors (Lipinski definition) is 9. The average Bonchev–Trinajstić information content (AvgIpc) is 3.34. The van der Waals surface area contributed by atoms with E-state index in [0.717, 1.165) is 43.7 Å². The molecule has 10 nitrogen and oxygen atoms in total. The molecule has 5 rings (SSSR count). The first kappa shape index (κ1) is 22.6. The van der Waals surface area contributed by atoms with Gasteiger partial charge in [0.05, 0.1) is 12.2 Å². The molecular formula is C24H28N6O4. The molecular weight excluding hydrogens is 436 g/mol. The molecule has 0 aliphatic carbocycles. The predicted octanol–water partition coefficient (Wildman–Crippen LogP) is 1.06. The summed E-state index contributed by atoms with van der Waals surface area (Å²) in [6, 6.07) is 1.35. The number of aromatic nitrogens is 2. The van der Waals surface area contributed by atoms with Gasteiger partial charge in [0.1, 0.15) is 30.1 Å². The molecule has 10 heteroatoms. The molecule has 0 radical (unpaired) electrons. The summed E-state index contributed by atoms with van der Waals surface area (Å²) in [5.41, 5.74) is 1.83. The highest BCUT2D eigenvalue weighted by Gasteiger charge is 2.35. The lowest BCUT2D eigenvalue weighted by molar-refractivity contribution is -0.132. The first-order valence-electron chi connectivity index (χ1n) is 11.9. The largest absolute Gasteiger partial charge is 0.472 e. The monoisotopic (exact) mass is 464 g/mol. The lowest BCUT2D eigenvalue weighted by Gasteiger charge is -2.33. The van der Waals surface area contributed by atoms with Gasteiger partial charge in [-0.05, 0) is 18.8 Å². The van der Waals surface area contributed by atoms with Crippen LogP contribution in [0.25, 0.3) is 0 Å². The van der Waals surface area contributed by atoms with Crippen molar-refractivity contribution in [1.29, 1.82) is 5.26 Å². The Morgan fingerprint density at radius 2 is 2.09 bits per heavy atom. The number of nitriles is 1. The minimum Gasteiger partial charge on any atom is -0.472 e. The molecule has 0 bridgehead atoms. The van der Waals surface area contributed by atoms with Crippen LogP contribution in [0, 0.1) is 17.2 Å². The highest BCUT2D eigenvalue weighted by atomic mass is 16.5. The first-order chi connectivity index (χ1) is 16.6. The Morgan fingerprint density at radius 1 is 1.24 bits per heavy atom.